The maximum Gasteiger partial charge on any atom is 0.320 e. The fourth-order valence-corrected chi connectivity index (χ4v) is 2.42. The fraction of sp³-hybridized carbons (Fsp3) is 0.417. The average Bonchev–Trinajstić information content (AvgIpc) is 2.26. The van der Waals surface area contributed by atoms with Gasteiger partial charge in [0.25, 0.3) is 0 Å². The molecule has 1 aromatic rings. The van der Waals surface area contributed by atoms with Crippen LogP contribution < -0.4 is 10.1 Å². The summed E-state index contributed by atoms with van der Waals surface area (Å²) < 4.78 is 5.94. The first kappa shape index (κ1) is 9.51. The molecule has 4 nitrogen and oxygen atoms in total. The lowest BCUT2D eigenvalue weighted by Crippen LogP contribution is -2.63. The summed E-state index contributed by atoms with van der Waals surface area (Å²) in [6, 6.07) is 7.86. The monoisotopic (exact) mass is 218 g/mol. The van der Waals surface area contributed by atoms with Crippen LogP contribution in [0.4, 0.5) is 4.79 Å². The largest absolute Gasteiger partial charge is 0.468 e. The highest BCUT2D eigenvalue weighted by Crippen LogP contribution is 2.42. The lowest BCUT2D eigenvalue weighted by atomic mass is 9.91. The van der Waals surface area contributed by atoms with E-state index in [4.69, 9.17) is 4.74 Å². The van der Waals surface area contributed by atoms with Crippen LogP contribution in [-0.2, 0) is 0 Å². The van der Waals surface area contributed by atoms with Gasteiger partial charge in [0.2, 0.25) is 0 Å². The second-order valence-electron chi connectivity index (χ2n) is 4.58. The first-order valence-electron chi connectivity index (χ1n) is 5.42. The van der Waals surface area contributed by atoms with E-state index in [1.807, 2.05) is 31.2 Å². The number of carbonyl (C=O) groups is 1. The number of ether oxygens (including phenoxy) is 1. The van der Waals surface area contributed by atoms with E-state index in [1.54, 1.807) is 11.9 Å². The number of para-hydroxylation sites is 1. The van der Waals surface area contributed by atoms with Gasteiger partial charge in [-0.3, -0.25) is 4.90 Å². The summed E-state index contributed by atoms with van der Waals surface area (Å²) in [7, 11) is 1.76. The highest BCUT2D eigenvalue weighted by Gasteiger charge is 2.47. The number of amides is 2. The van der Waals surface area contributed by atoms with Crippen LogP contribution in [0.5, 0.6) is 5.75 Å². The molecule has 0 unspecified atom stereocenters. The summed E-state index contributed by atoms with van der Waals surface area (Å²) in [5.41, 5.74) is 0.544. The van der Waals surface area contributed by atoms with Crippen LogP contribution in [0.2, 0.25) is 0 Å². The third kappa shape index (κ3) is 1.13. The molecule has 2 aliphatic rings. The van der Waals surface area contributed by atoms with E-state index < -0.39 is 5.72 Å². The highest BCUT2D eigenvalue weighted by molar-refractivity contribution is 5.77. The molecule has 16 heavy (non-hydrogen) atoms. The second kappa shape index (κ2) is 2.90. The molecule has 2 heterocycles. The van der Waals surface area contributed by atoms with Gasteiger partial charge >= 0.3 is 6.03 Å². The van der Waals surface area contributed by atoms with Crippen molar-refractivity contribution in [3.63, 3.8) is 0 Å². The topological polar surface area (TPSA) is 41.6 Å². The van der Waals surface area contributed by atoms with Crippen molar-refractivity contribution >= 4 is 6.03 Å². The summed E-state index contributed by atoms with van der Waals surface area (Å²) in [5, 5.41) is 2.99. The van der Waals surface area contributed by atoms with Crippen molar-refractivity contribution in [1.29, 1.82) is 0 Å². The van der Waals surface area contributed by atoms with Gasteiger partial charge in [0.15, 0.2) is 5.72 Å². The van der Waals surface area contributed by atoms with Crippen LogP contribution in [-0.4, -0.2) is 23.7 Å². The van der Waals surface area contributed by atoms with Crippen LogP contribution in [0.1, 0.15) is 24.9 Å². The molecule has 4 heteroatoms. The van der Waals surface area contributed by atoms with Crippen LogP contribution in [0, 0.1) is 0 Å². The molecule has 1 fully saturated rings. The Balaban J connectivity index is 2.11. The van der Waals surface area contributed by atoms with Crippen molar-refractivity contribution < 1.29 is 9.53 Å². The predicted molar refractivity (Wildman–Crippen MR) is 59.1 cm³/mol. The molecular formula is C12H14N2O2. The minimum atomic E-state index is -0.526. The molecule has 0 saturated carbocycles. The van der Waals surface area contributed by atoms with E-state index in [1.165, 1.54) is 0 Å². The number of hydrogen-bond acceptors (Lipinski definition) is 2. The van der Waals surface area contributed by atoms with Gasteiger partial charge in [-0.1, -0.05) is 18.2 Å². The molecule has 1 N–H and O–H groups in total. The Morgan fingerprint density at radius 1 is 1.50 bits per heavy atom. The average molecular weight is 218 g/mol. The molecule has 84 valence electrons. The molecule has 2 aliphatic heterocycles. The standard InChI is InChI=1S/C12H14N2O2/c1-12-7-9(13-11(15)14(12)2)8-5-3-4-6-10(8)16-12/h3-6,9H,7H2,1-2H3,(H,13,15)/t9-,12+/m1/s1. The van der Waals surface area contributed by atoms with E-state index in [-0.39, 0.29) is 12.1 Å². The lowest BCUT2D eigenvalue weighted by Gasteiger charge is -2.49. The van der Waals surface area contributed by atoms with Crippen LogP contribution in [0.25, 0.3) is 0 Å². The van der Waals surface area contributed by atoms with E-state index in [0.29, 0.717) is 0 Å². The highest BCUT2D eigenvalue weighted by atomic mass is 16.5. The molecule has 2 atom stereocenters. The van der Waals surface area contributed by atoms with Gasteiger partial charge in [0, 0.05) is 19.0 Å². The minimum Gasteiger partial charge on any atom is -0.468 e. The molecule has 1 aromatic carbocycles. The zero-order valence-corrected chi connectivity index (χ0v) is 9.36. The summed E-state index contributed by atoms with van der Waals surface area (Å²) in [5.74, 6) is 0.869. The van der Waals surface area contributed by atoms with Gasteiger partial charge in [0.1, 0.15) is 5.75 Å². The van der Waals surface area contributed by atoms with Crippen LogP contribution >= 0.6 is 0 Å². The quantitative estimate of drug-likeness (QED) is 0.722. The molecule has 0 spiro atoms. The zero-order valence-electron chi connectivity index (χ0n) is 9.36. The minimum absolute atomic E-state index is 0.0682. The number of nitrogens with zero attached hydrogens (tertiary/aromatic N) is 1. The van der Waals surface area contributed by atoms with Crippen molar-refractivity contribution in [2.24, 2.45) is 0 Å². The molecule has 0 aromatic heterocycles. The van der Waals surface area contributed by atoms with Crippen molar-refractivity contribution in [3.05, 3.63) is 29.8 Å². The number of nitrogens with one attached hydrogen (secondary N) is 1. The molecule has 2 amide bonds. The van der Waals surface area contributed by atoms with Gasteiger partial charge in [-0.15, -0.1) is 0 Å². The van der Waals surface area contributed by atoms with E-state index in [9.17, 15) is 4.79 Å². The predicted octanol–water partition coefficient (Wildman–Crippen LogP) is 1.88. The Bertz CT molecular complexity index is 460. The number of hydrogen-bond donors (Lipinski definition) is 1. The summed E-state index contributed by atoms with van der Waals surface area (Å²) in [6.07, 6.45) is 0.784. The normalized spacial score (nSPS) is 31.5. The zero-order chi connectivity index (χ0) is 11.3. The number of fused-ring (bicyclic) bond motifs is 4. The SMILES string of the molecule is CN1C(=O)N[C@@H]2C[C@]1(C)Oc1ccccc12. The number of rotatable bonds is 0. The Morgan fingerprint density at radius 3 is 3.06 bits per heavy atom. The molecular weight excluding hydrogens is 204 g/mol. The molecule has 1 saturated heterocycles. The smallest absolute Gasteiger partial charge is 0.320 e. The third-order valence-corrected chi connectivity index (χ3v) is 3.52. The number of benzene rings is 1. The van der Waals surface area contributed by atoms with Gasteiger partial charge < -0.3 is 10.1 Å². The van der Waals surface area contributed by atoms with Crippen LogP contribution in [0.3, 0.4) is 0 Å². The van der Waals surface area contributed by atoms with Gasteiger partial charge in [-0.05, 0) is 13.0 Å². The first-order chi connectivity index (χ1) is 7.60. The van der Waals surface area contributed by atoms with Crippen molar-refractivity contribution in [2.75, 3.05) is 7.05 Å². The Morgan fingerprint density at radius 2 is 2.25 bits per heavy atom. The van der Waals surface area contributed by atoms with Crippen molar-refractivity contribution in [2.45, 2.75) is 25.1 Å². The maximum absolute atomic E-state index is 11.8. The first-order valence-corrected chi connectivity index (χ1v) is 5.42. The van der Waals surface area contributed by atoms with Crippen molar-refractivity contribution in [3.8, 4) is 5.75 Å². The molecule has 2 bridgehead atoms. The summed E-state index contributed by atoms with van der Waals surface area (Å²) >= 11 is 0. The van der Waals surface area contributed by atoms with Gasteiger partial charge in [0.05, 0.1) is 6.04 Å². The lowest BCUT2D eigenvalue weighted by molar-refractivity contribution is -0.0718. The second-order valence-corrected chi connectivity index (χ2v) is 4.58. The fourth-order valence-electron chi connectivity index (χ4n) is 2.42. The van der Waals surface area contributed by atoms with Gasteiger partial charge in [-0.25, -0.2) is 4.79 Å². The number of urea groups is 1. The Hall–Kier alpha value is -1.71. The Kier molecular flexibility index (Phi) is 1.73. The van der Waals surface area contributed by atoms with E-state index >= 15 is 0 Å². The maximum atomic E-state index is 11.8. The van der Waals surface area contributed by atoms with E-state index in [2.05, 4.69) is 5.32 Å². The third-order valence-electron chi connectivity index (χ3n) is 3.52. The Labute approximate surface area is 94.2 Å². The van der Waals surface area contributed by atoms with Crippen molar-refractivity contribution in [1.82, 2.24) is 10.2 Å². The number of carbonyl (C=O) groups excluding carboxylic acids is 1. The van der Waals surface area contributed by atoms with Gasteiger partial charge in [-0.2, -0.15) is 0 Å². The molecule has 0 aliphatic carbocycles. The molecule has 0 radical (unpaired) electrons. The van der Waals surface area contributed by atoms with Crippen LogP contribution in [0.15, 0.2) is 24.3 Å². The summed E-state index contributed by atoms with van der Waals surface area (Å²) in [6.45, 7) is 1.95. The molecule has 3 rings (SSSR count). The summed E-state index contributed by atoms with van der Waals surface area (Å²) in [4.78, 5) is 13.4. The van der Waals surface area contributed by atoms with E-state index in [0.717, 1.165) is 17.7 Å².